The van der Waals surface area contributed by atoms with Crippen LogP contribution in [0.2, 0.25) is 0 Å². The minimum absolute atomic E-state index is 0.122. The molecule has 0 spiro atoms. The Balaban J connectivity index is 3.10. The van der Waals surface area contributed by atoms with Crippen LogP contribution >= 0.6 is 15.9 Å². The highest BCUT2D eigenvalue weighted by Crippen LogP contribution is 2.30. The first-order valence-corrected chi connectivity index (χ1v) is 6.61. The van der Waals surface area contributed by atoms with Crippen molar-refractivity contribution in [3.8, 4) is 0 Å². The summed E-state index contributed by atoms with van der Waals surface area (Å²) in [5, 5.41) is 9.48. The second-order valence-corrected chi connectivity index (χ2v) is 5.54. The Hall–Kier alpha value is -0.490. The molecular weight excluding hydrogens is 301 g/mol. The molecule has 3 N–H and O–H groups in total. The number of hydrogen-bond donors (Lipinski definition) is 2. The van der Waals surface area contributed by atoms with Crippen molar-refractivity contribution in [2.45, 2.75) is 38.6 Å². The molecule has 3 atom stereocenters. The van der Waals surface area contributed by atoms with E-state index < -0.39 is 17.8 Å². The smallest absolute Gasteiger partial charge is 0.129 e. The number of halogens is 2. The van der Waals surface area contributed by atoms with Crippen LogP contribution in [0.5, 0.6) is 0 Å². The molecule has 1 aromatic rings. The molecule has 0 saturated carbocycles. The molecule has 0 aromatic heterocycles. The fourth-order valence-electron chi connectivity index (χ4n) is 1.63. The van der Waals surface area contributed by atoms with Gasteiger partial charge in [0.2, 0.25) is 0 Å². The molecule has 0 radical (unpaired) electrons. The Labute approximate surface area is 115 Å². The van der Waals surface area contributed by atoms with E-state index in [-0.39, 0.29) is 12.4 Å². The zero-order valence-electron chi connectivity index (χ0n) is 10.8. The molecule has 1 aromatic carbocycles. The van der Waals surface area contributed by atoms with Gasteiger partial charge in [-0.2, -0.15) is 0 Å². The third kappa shape index (κ3) is 3.51. The summed E-state index contributed by atoms with van der Waals surface area (Å²) in [6.45, 7) is 5.20. The molecule has 3 nitrogen and oxygen atoms in total. The molecule has 0 aliphatic heterocycles. The van der Waals surface area contributed by atoms with Crippen LogP contribution in [-0.2, 0) is 10.3 Å². The van der Waals surface area contributed by atoms with Crippen molar-refractivity contribution >= 4 is 15.9 Å². The summed E-state index contributed by atoms with van der Waals surface area (Å²) in [6.07, 6.45) is -1.08. The Morgan fingerprint density at radius 1 is 1.50 bits per heavy atom. The number of aliphatic hydroxyl groups is 1. The van der Waals surface area contributed by atoms with Gasteiger partial charge >= 0.3 is 0 Å². The second-order valence-electron chi connectivity index (χ2n) is 4.62. The molecule has 0 saturated heterocycles. The van der Waals surface area contributed by atoms with Crippen LogP contribution in [0.25, 0.3) is 0 Å². The van der Waals surface area contributed by atoms with Crippen LogP contribution < -0.4 is 5.73 Å². The number of hydrogen-bond acceptors (Lipinski definition) is 3. The van der Waals surface area contributed by atoms with Crippen molar-refractivity contribution in [3.63, 3.8) is 0 Å². The molecular formula is C13H19BrFNO2. The maximum absolute atomic E-state index is 13.9. The van der Waals surface area contributed by atoms with Crippen molar-refractivity contribution in [2.24, 2.45) is 5.73 Å². The van der Waals surface area contributed by atoms with Crippen molar-refractivity contribution < 1.29 is 14.2 Å². The van der Waals surface area contributed by atoms with Crippen LogP contribution in [0.1, 0.15) is 26.3 Å². The lowest BCUT2D eigenvalue weighted by atomic mass is 9.94. The van der Waals surface area contributed by atoms with Crippen molar-refractivity contribution in [3.05, 3.63) is 34.1 Å². The van der Waals surface area contributed by atoms with Crippen molar-refractivity contribution in [2.75, 3.05) is 6.54 Å². The maximum Gasteiger partial charge on any atom is 0.129 e. The minimum Gasteiger partial charge on any atom is -0.391 e. The third-order valence-corrected chi connectivity index (χ3v) is 3.51. The summed E-state index contributed by atoms with van der Waals surface area (Å²) in [5.41, 5.74) is 5.13. The second kappa shape index (κ2) is 6.10. The topological polar surface area (TPSA) is 55.5 Å². The summed E-state index contributed by atoms with van der Waals surface area (Å²) < 4.78 is 20.4. The van der Waals surface area contributed by atoms with Gasteiger partial charge in [-0.25, -0.2) is 4.39 Å². The first-order valence-electron chi connectivity index (χ1n) is 5.81. The van der Waals surface area contributed by atoms with Gasteiger partial charge in [0.15, 0.2) is 0 Å². The average Bonchev–Trinajstić information content (AvgIpc) is 2.31. The molecule has 0 amide bonds. The lowest BCUT2D eigenvalue weighted by molar-refractivity contribution is -0.116. The highest BCUT2D eigenvalue weighted by Gasteiger charge is 2.32. The van der Waals surface area contributed by atoms with Crippen LogP contribution in [0.3, 0.4) is 0 Å². The standard InChI is InChI=1S/C13H19BrFNO2/c1-8(17)9(2)18-13(3,7-16)11-6-10(14)4-5-12(11)15/h4-6,8-9,17H,7,16H2,1-3H3. The average molecular weight is 320 g/mol. The number of nitrogens with two attached hydrogens (primary N) is 1. The van der Waals surface area contributed by atoms with Gasteiger partial charge in [0, 0.05) is 16.6 Å². The summed E-state index contributed by atoms with van der Waals surface area (Å²) in [7, 11) is 0. The van der Waals surface area contributed by atoms with Gasteiger partial charge in [0.05, 0.1) is 12.2 Å². The van der Waals surface area contributed by atoms with Crippen LogP contribution in [0, 0.1) is 5.82 Å². The first kappa shape index (κ1) is 15.6. The molecule has 1 rings (SSSR count). The Morgan fingerprint density at radius 2 is 2.11 bits per heavy atom. The lowest BCUT2D eigenvalue weighted by Crippen LogP contribution is -2.41. The third-order valence-electron chi connectivity index (χ3n) is 3.01. The van der Waals surface area contributed by atoms with Crippen LogP contribution in [0.15, 0.2) is 22.7 Å². The van der Waals surface area contributed by atoms with E-state index in [9.17, 15) is 9.50 Å². The van der Waals surface area contributed by atoms with E-state index in [0.29, 0.717) is 5.56 Å². The van der Waals surface area contributed by atoms with E-state index in [1.807, 2.05) is 0 Å². The minimum atomic E-state index is -0.968. The molecule has 0 aliphatic carbocycles. The van der Waals surface area contributed by atoms with Gasteiger partial charge in [0.1, 0.15) is 11.4 Å². The number of aliphatic hydroxyl groups excluding tert-OH is 1. The van der Waals surface area contributed by atoms with Gasteiger partial charge in [0.25, 0.3) is 0 Å². The van der Waals surface area contributed by atoms with E-state index in [1.165, 1.54) is 6.07 Å². The quantitative estimate of drug-likeness (QED) is 0.877. The summed E-state index contributed by atoms with van der Waals surface area (Å²) in [6, 6.07) is 4.63. The molecule has 0 fully saturated rings. The van der Waals surface area contributed by atoms with E-state index in [1.54, 1.807) is 32.9 Å². The maximum atomic E-state index is 13.9. The summed E-state index contributed by atoms with van der Waals surface area (Å²) in [4.78, 5) is 0. The van der Waals surface area contributed by atoms with E-state index in [2.05, 4.69) is 15.9 Å². The van der Waals surface area contributed by atoms with E-state index in [4.69, 9.17) is 10.5 Å². The monoisotopic (exact) mass is 319 g/mol. The Kier molecular flexibility index (Phi) is 5.28. The normalized spacial score (nSPS) is 18.2. The highest BCUT2D eigenvalue weighted by molar-refractivity contribution is 9.10. The van der Waals surface area contributed by atoms with E-state index >= 15 is 0 Å². The summed E-state index contributed by atoms with van der Waals surface area (Å²) in [5.74, 6) is -0.371. The van der Waals surface area contributed by atoms with Gasteiger partial charge in [-0.05, 0) is 39.0 Å². The Morgan fingerprint density at radius 3 is 2.61 bits per heavy atom. The largest absolute Gasteiger partial charge is 0.391 e. The van der Waals surface area contributed by atoms with Gasteiger partial charge < -0.3 is 15.6 Å². The van der Waals surface area contributed by atoms with Crippen LogP contribution in [0.4, 0.5) is 4.39 Å². The number of rotatable bonds is 5. The van der Waals surface area contributed by atoms with Gasteiger partial charge in [-0.15, -0.1) is 0 Å². The predicted molar refractivity (Wildman–Crippen MR) is 72.7 cm³/mol. The molecule has 0 heterocycles. The highest BCUT2D eigenvalue weighted by atomic mass is 79.9. The molecule has 5 heteroatoms. The lowest BCUT2D eigenvalue weighted by Gasteiger charge is -2.33. The van der Waals surface area contributed by atoms with E-state index in [0.717, 1.165) is 4.47 Å². The van der Waals surface area contributed by atoms with Crippen LogP contribution in [-0.4, -0.2) is 23.9 Å². The molecule has 18 heavy (non-hydrogen) atoms. The first-order chi connectivity index (χ1) is 8.30. The van der Waals surface area contributed by atoms with Crippen molar-refractivity contribution in [1.29, 1.82) is 0 Å². The SMILES string of the molecule is CC(O)C(C)OC(C)(CN)c1cc(Br)ccc1F. The predicted octanol–water partition coefficient (Wildman–Crippen LogP) is 2.55. The molecule has 0 aliphatic rings. The Bertz CT molecular complexity index is 414. The molecule has 0 bridgehead atoms. The fourth-order valence-corrected chi connectivity index (χ4v) is 1.99. The zero-order valence-corrected chi connectivity index (χ0v) is 12.4. The van der Waals surface area contributed by atoms with Gasteiger partial charge in [-0.3, -0.25) is 0 Å². The molecule has 3 unspecified atom stereocenters. The molecule has 102 valence electrons. The van der Waals surface area contributed by atoms with Gasteiger partial charge in [-0.1, -0.05) is 15.9 Å². The number of ether oxygens (including phenoxy) is 1. The number of benzene rings is 1. The fraction of sp³-hybridized carbons (Fsp3) is 0.538. The zero-order chi connectivity index (χ0) is 13.9. The summed E-state index contributed by atoms with van der Waals surface area (Å²) >= 11 is 3.30. The van der Waals surface area contributed by atoms with Crippen molar-refractivity contribution in [1.82, 2.24) is 0 Å².